The number of carboxylic acid groups (broad SMARTS) is 4. The molecule has 0 saturated heterocycles. The molecule has 0 aliphatic rings. The van der Waals surface area contributed by atoms with Gasteiger partial charge in [0.05, 0.1) is 33.0 Å². The third-order valence-electron chi connectivity index (χ3n) is 3.19. The molecule has 0 amide bonds. The second kappa shape index (κ2) is 13.0. The van der Waals surface area contributed by atoms with Crippen LogP contribution in [0.25, 0.3) is 0 Å². The van der Waals surface area contributed by atoms with Crippen molar-refractivity contribution in [2.24, 2.45) is 0 Å². The van der Waals surface area contributed by atoms with Crippen molar-refractivity contribution in [2.45, 2.75) is 0 Å². The van der Waals surface area contributed by atoms with E-state index in [-0.39, 0.29) is 39.5 Å². The Morgan fingerprint density at radius 2 is 1.15 bits per heavy atom. The molecule has 0 spiro atoms. The molecule has 0 radical (unpaired) electrons. The molecule has 0 saturated carbocycles. The number of carbonyl (C=O) groups is 4. The van der Waals surface area contributed by atoms with Crippen LogP contribution in [0.4, 0.5) is 0 Å². The van der Waals surface area contributed by atoms with Gasteiger partial charge in [0.25, 0.3) is 0 Å². The van der Waals surface area contributed by atoms with Crippen molar-refractivity contribution in [1.29, 1.82) is 0 Å². The number of hydrogen-bond donors (Lipinski definition) is 5. The van der Waals surface area contributed by atoms with E-state index >= 15 is 0 Å². The maximum atomic E-state index is 11.0. The maximum Gasteiger partial charge on any atom is 0.359 e. The summed E-state index contributed by atoms with van der Waals surface area (Å²) in [5.74, 6) is -4.88. The van der Waals surface area contributed by atoms with E-state index < -0.39 is 48.0 Å². The zero-order chi connectivity index (χ0) is 20.0. The summed E-state index contributed by atoms with van der Waals surface area (Å²) in [5, 5.41) is 37.9. The first-order chi connectivity index (χ1) is 12.2. The molecule has 0 unspecified atom stereocenters. The maximum absolute atomic E-state index is 11.0. The van der Waals surface area contributed by atoms with Crippen LogP contribution in [0, 0.1) is 0 Å². The number of nitrogens with one attached hydrogen (secondary N) is 1. The third-order valence-corrected chi connectivity index (χ3v) is 3.19. The van der Waals surface area contributed by atoms with Crippen LogP contribution < -0.4 is 5.32 Å². The van der Waals surface area contributed by atoms with E-state index in [4.69, 9.17) is 29.9 Å². The number of aliphatic carboxylic acids is 4. The van der Waals surface area contributed by atoms with Crippen molar-refractivity contribution < 1.29 is 53.6 Å². The van der Waals surface area contributed by atoms with Crippen LogP contribution in [0.15, 0.2) is 0 Å². The van der Waals surface area contributed by atoms with Crippen molar-refractivity contribution in [3.05, 3.63) is 0 Å². The third kappa shape index (κ3) is 13.1. The van der Waals surface area contributed by atoms with E-state index in [0.29, 0.717) is 6.54 Å². The molecule has 12 nitrogen and oxygen atoms in total. The molecule has 26 heavy (non-hydrogen) atoms. The van der Waals surface area contributed by atoms with Gasteiger partial charge in [0, 0.05) is 6.54 Å². The van der Waals surface area contributed by atoms with Gasteiger partial charge in [-0.25, -0.2) is 14.4 Å². The minimum atomic E-state index is -1.30. The molecule has 0 aliphatic heterocycles. The lowest BCUT2D eigenvalue weighted by Crippen LogP contribution is -2.58. The summed E-state index contributed by atoms with van der Waals surface area (Å²) < 4.78 is 9.75. The minimum absolute atomic E-state index is 0.0333. The van der Waals surface area contributed by atoms with Crippen LogP contribution in [-0.4, -0.2) is 114 Å². The molecule has 150 valence electrons. The Morgan fingerprint density at radius 3 is 1.58 bits per heavy atom. The van der Waals surface area contributed by atoms with Crippen LogP contribution in [0.2, 0.25) is 0 Å². The van der Waals surface area contributed by atoms with E-state index in [2.05, 4.69) is 5.32 Å². The Kier molecular flexibility index (Phi) is 11.9. The van der Waals surface area contributed by atoms with Gasteiger partial charge in [-0.05, 0) is 0 Å². The number of rotatable bonds is 17. The van der Waals surface area contributed by atoms with Crippen molar-refractivity contribution in [3.8, 4) is 0 Å². The number of hydrogen-bond acceptors (Lipinski definition) is 7. The van der Waals surface area contributed by atoms with Gasteiger partial charge in [0.15, 0.2) is 19.6 Å². The van der Waals surface area contributed by atoms with E-state index in [9.17, 15) is 19.2 Å². The SMILES string of the molecule is O=C(O)CNCCOCCOCC[N+](CC(=O)O)(CC(=O)O)CC(=O)O. The summed E-state index contributed by atoms with van der Waals surface area (Å²) in [4.78, 5) is 43.2. The van der Waals surface area contributed by atoms with E-state index in [1.807, 2.05) is 0 Å². The van der Waals surface area contributed by atoms with Crippen molar-refractivity contribution >= 4 is 23.9 Å². The largest absolute Gasteiger partial charge is 0.480 e. The van der Waals surface area contributed by atoms with Gasteiger partial charge in [-0.2, -0.15) is 0 Å². The molecule has 0 fully saturated rings. The number of ether oxygens (including phenoxy) is 2. The molecule has 0 bridgehead atoms. The van der Waals surface area contributed by atoms with Crippen LogP contribution in [-0.2, 0) is 28.7 Å². The summed E-state index contributed by atoms with van der Waals surface area (Å²) in [6, 6.07) is 0. The van der Waals surface area contributed by atoms with Crippen LogP contribution in [0.3, 0.4) is 0 Å². The van der Waals surface area contributed by atoms with E-state index in [1.54, 1.807) is 0 Å². The van der Waals surface area contributed by atoms with E-state index in [1.165, 1.54) is 0 Å². The first-order valence-electron chi connectivity index (χ1n) is 7.75. The first-order valence-corrected chi connectivity index (χ1v) is 7.75. The number of carboxylic acids is 4. The Morgan fingerprint density at radius 1 is 0.692 bits per heavy atom. The fourth-order valence-electron chi connectivity index (χ4n) is 2.19. The highest BCUT2D eigenvalue weighted by atomic mass is 16.5. The predicted octanol–water partition coefficient (Wildman–Crippen LogP) is -2.24. The number of quaternary nitrogens is 1. The summed E-state index contributed by atoms with van der Waals surface area (Å²) >= 11 is 0. The number of nitrogens with zero attached hydrogens (tertiary/aromatic N) is 1. The smallest absolute Gasteiger partial charge is 0.359 e. The lowest BCUT2D eigenvalue weighted by atomic mass is 10.3. The minimum Gasteiger partial charge on any atom is -0.480 e. The highest BCUT2D eigenvalue weighted by Gasteiger charge is 2.35. The second-order valence-corrected chi connectivity index (χ2v) is 5.52. The van der Waals surface area contributed by atoms with Gasteiger partial charge in [0.1, 0.15) is 6.54 Å². The predicted molar refractivity (Wildman–Crippen MR) is 84.8 cm³/mol. The van der Waals surface area contributed by atoms with Gasteiger partial charge in [-0.15, -0.1) is 0 Å². The average Bonchev–Trinajstić information content (AvgIpc) is 2.46. The summed E-state index contributed by atoms with van der Waals surface area (Å²) in [6.45, 7) is -1.27. The van der Waals surface area contributed by atoms with Gasteiger partial charge >= 0.3 is 23.9 Å². The van der Waals surface area contributed by atoms with Gasteiger partial charge in [-0.3, -0.25) is 9.28 Å². The van der Waals surface area contributed by atoms with Gasteiger partial charge in [0.2, 0.25) is 0 Å². The standard InChI is InChI=1S/C14H24N2O10/c17-11(18)7-15-1-3-25-5-6-26-4-2-16(8-12(19)20,9-13(21)22)10-14(23)24/h15H,1-10H2,(H3-,17,18,19,20,21,22,23,24)/p+1. The zero-order valence-electron chi connectivity index (χ0n) is 14.3. The summed E-state index contributed by atoms with van der Waals surface area (Å²) in [5.41, 5.74) is 0. The lowest BCUT2D eigenvalue weighted by Gasteiger charge is -2.33. The molecule has 0 heterocycles. The van der Waals surface area contributed by atoms with Crippen LogP contribution in [0.1, 0.15) is 0 Å². The topological polar surface area (TPSA) is 180 Å². The molecule has 5 N–H and O–H groups in total. The monoisotopic (exact) mass is 381 g/mol. The van der Waals surface area contributed by atoms with Crippen LogP contribution in [0.5, 0.6) is 0 Å². The Bertz CT molecular complexity index is 442. The Hall–Kier alpha value is -2.28. The highest BCUT2D eigenvalue weighted by Crippen LogP contribution is 2.07. The highest BCUT2D eigenvalue weighted by molar-refractivity contribution is 5.73. The first kappa shape index (κ1) is 23.7. The van der Waals surface area contributed by atoms with Gasteiger partial charge < -0.3 is 35.2 Å². The summed E-state index contributed by atoms with van der Waals surface area (Å²) in [7, 11) is 0. The second-order valence-electron chi connectivity index (χ2n) is 5.52. The molecular formula is C14H25N2O10+. The molecule has 0 aromatic heterocycles. The van der Waals surface area contributed by atoms with Gasteiger partial charge in [-0.1, -0.05) is 0 Å². The van der Waals surface area contributed by atoms with Crippen LogP contribution >= 0.6 is 0 Å². The fraction of sp³-hybridized carbons (Fsp3) is 0.714. The normalized spacial score (nSPS) is 11.2. The summed E-state index contributed by atoms with van der Waals surface area (Å²) in [6.07, 6.45) is 0. The Labute approximate surface area is 149 Å². The van der Waals surface area contributed by atoms with Crippen molar-refractivity contribution in [1.82, 2.24) is 5.32 Å². The zero-order valence-corrected chi connectivity index (χ0v) is 14.3. The Balaban J connectivity index is 4.19. The molecule has 12 heteroatoms. The molecular weight excluding hydrogens is 356 g/mol. The molecule has 0 aromatic carbocycles. The fourth-order valence-corrected chi connectivity index (χ4v) is 2.19. The lowest BCUT2D eigenvalue weighted by molar-refractivity contribution is -0.907. The van der Waals surface area contributed by atoms with Crippen molar-refractivity contribution in [3.63, 3.8) is 0 Å². The quantitative estimate of drug-likeness (QED) is 0.136. The average molecular weight is 381 g/mol. The molecule has 0 aromatic rings. The molecule has 0 aliphatic carbocycles. The van der Waals surface area contributed by atoms with E-state index in [0.717, 1.165) is 0 Å². The molecule has 0 atom stereocenters. The van der Waals surface area contributed by atoms with Crippen molar-refractivity contribution in [2.75, 3.05) is 65.7 Å². The molecule has 0 rings (SSSR count).